The summed E-state index contributed by atoms with van der Waals surface area (Å²) in [5, 5.41) is 3.06. The second-order valence-corrected chi connectivity index (χ2v) is 10.0. The molecule has 3 aliphatic rings. The predicted molar refractivity (Wildman–Crippen MR) is 102 cm³/mol. The molecule has 1 amide bonds. The number of nitrogens with zero attached hydrogens (tertiary/aromatic N) is 1. The van der Waals surface area contributed by atoms with Crippen LogP contribution >= 0.6 is 0 Å². The molecule has 1 N–H and O–H groups in total. The summed E-state index contributed by atoms with van der Waals surface area (Å²) in [4.78, 5) is 12.6. The first-order valence-corrected chi connectivity index (χ1v) is 11.5. The number of sulfonamides is 1. The maximum atomic E-state index is 12.7. The van der Waals surface area contributed by atoms with Crippen LogP contribution in [-0.4, -0.2) is 44.9 Å². The Balaban J connectivity index is 1.39. The predicted octanol–water partition coefficient (Wildman–Crippen LogP) is 1.90. The van der Waals surface area contributed by atoms with Gasteiger partial charge in [-0.15, -0.1) is 0 Å². The van der Waals surface area contributed by atoms with E-state index in [1.54, 1.807) is 0 Å². The Morgan fingerprint density at radius 1 is 1.11 bits per heavy atom. The molecular weight excluding hydrogens is 364 g/mol. The van der Waals surface area contributed by atoms with Crippen LogP contribution < -0.4 is 5.32 Å². The fourth-order valence-electron chi connectivity index (χ4n) is 4.86. The van der Waals surface area contributed by atoms with E-state index < -0.39 is 10.0 Å². The molecule has 1 heterocycles. The molecule has 3 atom stereocenters. The lowest BCUT2D eigenvalue weighted by molar-refractivity contribution is -0.126. The van der Waals surface area contributed by atoms with Gasteiger partial charge in [0.15, 0.2) is 0 Å². The highest BCUT2D eigenvalue weighted by molar-refractivity contribution is 7.88. The highest BCUT2D eigenvalue weighted by atomic mass is 32.2. The molecule has 2 saturated carbocycles. The standard InChI is InChI=1S/C20H28N2O4S/c23-20(19-12-15-5-6-16(19)11-15)21-13-17-3-1-2-4-18(17)14-27(24,25)22-7-9-26-10-8-22/h1-4,15-16,19H,5-14H2,(H,21,23). The zero-order valence-electron chi connectivity index (χ0n) is 15.6. The van der Waals surface area contributed by atoms with E-state index in [4.69, 9.17) is 4.74 Å². The van der Waals surface area contributed by atoms with E-state index >= 15 is 0 Å². The smallest absolute Gasteiger partial charge is 0.223 e. The number of benzene rings is 1. The van der Waals surface area contributed by atoms with Gasteiger partial charge in [-0.1, -0.05) is 30.7 Å². The zero-order valence-corrected chi connectivity index (χ0v) is 16.4. The molecule has 3 unspecified atom stereocenters. The van der Waals surface area contributed by atoms with Crippen LogP contribution in [0, 0.1) is 17.8 Å². The van der Waals surface area contributed by atoms with E-state index in [0.717, 1.165) is 23.5 Å². The third-order valence-corrected chi connectivity index (χ3v) is 8.18. The molecule has 1 aromatic rings. The van der Waals surface area contributed by atoms with Gasteiger partial charge in [0, 0.05) is 25.6 Å². The van der Waals surface area contributed by atoms with Crippen LogP contribution in [0.4, 0.5) is 0 Å². The minimum absolute atomic E-state index is 0.0346. The van der Waals surface area contributed by atoms with E-state index in [2.05, 4.69) is 5.32 Å². The molecule has 0 radical (unpaired) electrons. The quantitative estimate of drug-likeness (QED) is 0.802. The number of amides is 1. The lowest BCUT2D eigenvalue weighted by Crippen LogP contribution is -2.41. The molecule has 3 fully saturated rings. The Kier molecular flexibility index (Phi) is 5.53. The lowest BCUT2D eigenvalue weighted by Gasteiger charge is -2.26. The van der Waals surface area contributed by atoms with Gasteiger partial charge in [-0.2, -0.15) is 4.31 Å². The fourth-order valence-corrected chi connectivity index (χ4v) is 6.43. The number of hydrogen-bond donors (Lipinski definition) is 1. The number of rotatable bonds is 6. The number of morpholine rings is 1. The van der Waals surface area contributed by atoms with Gasteiger partial charge in [0.2, 0.25) is 15.9 Å². The van der Waals surface area contributed by atoms with Crippen molar-refractivity contribution < 1.29 is 17.9 Å². The van der Waals surface area contributed by atoms with Crippen molar-refractivity contribution >= 4 is 15.9 Å². The normalized spacial score (nSPS) is 28.4. The Bertz CT molecular complexity index is 789. The van der Waals surface area contributed by atoms with Crippen LogP contribution in [0.1, 0.15) is 36.8 Å². The van der Waals surface area contributed by atoms with Gasteiger partial charge in [0.25, 0.3) is 0 Å². The maximum Gasteiger partial charge on any atom is 0.223 e. The number of nitrogens with one attached hydrogen (secondary N) is 1. The number of ether oxygens (including phenoxy) is 1. The summed E-state index contributed by atoms with van der Waals surface area (Å²) in [7, 11) is -3.38. The third kappa shape index (κ3) is 4.20. The average Bonchev–Trinajstić information content (AvgIpc) is 3.31. The van der Waals surface area contributed by atoms with Crippen LogP contribution in [0.5, 0.6) is 0 Å². The van der Waals surface area contributed by atoms with E-state index in [9.17, 15) is 13.2 Å². The highest BCUT2D eigenvalue weighted by Crippen LogP contribution is 2.48. The first-order chi connectivity index (χ1) is 13.0. The van der Waals surface area contributed by atoms with E-state index in [1.165, 1.54) is 23.6 Å². The summed E-state index contributed by atoms with van der Waals surface area (Å²) in [6, 6.07) is 7.50. The van der Waals surface area contributed by atoms with Crippen molar-refractivity contribution in [3.05, 3.63) is 35.4 Å². The van der Waals surface area contributed by atoms with Crippen molar-refractivity contribution in [2.24, 2.45) is 17.8 Å². The van der Waals surface area contributed by atoms with Gasteiger partial charge in [-0.25, -0.2) is 8.42 Å². The molecule has 2 aliphatic carbocycles. The number of hydrogen-bond acceptors (Lipinski definition) is 4. The third-order valence-electron chi connectivity index (χ3n) is 6.35. The second-order valence-electron chi connectivity index (χ2n) is 8.04. The van der Waals surface area contributed by atoms with Crippen molar-refractivity contribution in [2.75, 3.05) is 26.3 Å². The first-order valence-electron chi connectivity index (χ1n) is 9.93. The molecule has 1 saturated heterocycles. The van der Waals surface area contributed by atoms with Crippen LogP contribution in [0.25, 0.3) is 0 Å². The molecule has 6 nitrogen and oxygen atoms in total. The summed E-state index contributed by atoms with van der Waals surface area (Å²) in [5.41, 5.74) is 1.64. The topological polar surface area (TPSA) is 75.7 Å². The molecular formula is C20H28N2O4S. The van der Waals surface area contributed by atoms with Crippen LogP contribution in [-0.2, 0) is 31.9 Å². The molecule has 2 bridgehead atoms. The van der Waals surface area contributed by atoms with E-state index in [1.807, 2.05) is 24.3 Å². The molecule has 148 valence electrons. The van der Waals surface area contributed by atoms with E-state index in [0.29, 0.717) is 38.8 Å². The highest BCUT2D eigenvalue weighted by Gasteiger charge is 2.42. The maximum absolute atomic E-state index is 12.7. The number of carbonyl (C=O) groups is 1. The zero-order chi connectivity index (χ0) is 18.9. The van der Waals surface area contributed by atoms with Crippen molar-refractivity contribution in [1.82, 2.24) is 9.62 Å². The summed E-state index contributed by atoms with van der Waals surface area (Å²) >= 11 is 0. The Morgan fingerprint density at radius 3 is 2.52 bits per heavy atom. The van der Waals surface area contributed by atoms with Gasteiger partial charge < -0.3 is 10.1 Å². The van der Waals surface area contributed by atoms with Crippen LogP contribution in [0.3, 0.4) is 0 Å². The second kappa shape index (κ2) is 7.89. The van der Waals surface area contributed by atoms with Gasteiger partial charge in [0.05, 0.1) is 19.0 Å². The summed E-state index contributed by atoms with van der Waals surface area (Å²) in [6.45, 7) is 2.10. The average molecular weight is 393 g/mol. The first kappa shape index (κ1) is 18.9. The molecule has 7 heteroatoms. The lowest BCUT2D eigenvalue weighted by atomic mass is 9.88. The summed E-state index contributed by atoms with van der Waals surface area (Å²) in [5.74, 6) is 1.53. The molecule has 1 aliphatic heterocycles. The summed E-state index contributed by atoms with van der Waals surface area (Å²) < 4.78 is 32.2. The minimum atomic E-state index is -3.38. The summed E-state index contributed by atoms with van der Waals surface area (Å²) in [6.07, 6.45) is 4.67. The molecule has 4 rings (SSSR count). The number of carbonyl (C=O) groups excluding carboxylic acids is 1. The Morgan fingerprint density at radius 2 is 1.85 bits per heavy atom. The van der Waals surface area contributed by atoms with Crippen molar-refractivity contribution in [3.63, 3.8) is 0 Å². The Labute approximate surface area is 161 Å². The largest absolute Gasteiger partial charge is 0.379 e. The van der Waals surface area contributed by atoms with Crippen LogP contribution in [0.2, 0.25) is 0 Å². The number of fused-ring (bicyclic) bond motifs is 2. The van der Waals surface area contributed by atoms with Crippen molar-refractivity contribution in [2.45, 2.75) is 38.0 Å². The molecule has 1 aromatic carbocycles. The van der Waals surface area contributed by atoms with E-state index in [-0.39, 0.29) is 17.6 Å². The van der Waals surface area contributed by atoms with Crippen molar-refractivity contribution in [1.29, 1.82) is 0 Å². The van der Waals surface area contributed by atoms with Gasteiger partial charge in [-0.05, 0) is 42.2 Å². The fraction of sp³-hybridized carbons (Fsp3) is 0.650. The molecule has 0 aromatic heterocycles. The molecule has 27 heavy (non-hydrogen) atoms. The monoisotopic (exact) mass is 392 g/mol. The van der Waals surface area contributed by atoms with Gasteiger partial charge in [-0.3, -0.25) is 4.79 Å². The van der Waals surface area contributed by atoms with Crippen LogP contribution in [0.15, 0.2) is 24.3 Å². The Hall–Kier alpha value is -1.44. The van der Waals surface area contributed by atoms with Gasteiger partial charge >= 0.3 is 0 Å². The molecule has 0 spiro atoms. The minimum Gasteiger partial charge on any atom is -0.379 e. The van der Waals surface area contributed by atoms with Gasteiger partial charge in [0.1, 0.15) is 0 Å². The van der Waals surface area contributed by atoms with Crippen molar-refractivity contribution in [3.8, 4) is 0 Å². The SMILES string of the molecule is O=C(NCc1ccccc1CS(=O)(=O)N1CCOCC1)C1CC2CCC1C2.